The molecule has 0 unspecified atom stereocenters. The number of hydrogen-bond donors (Lipinski definition) is 1. The zero-order valence-electron chi connectivity index (χ0n) is 10.5. The number of nitrogens with zero attached hydrogens (tertiary/aromatic N) is 1. The summed E-state index contributed by atoms with van der Waals surface area (Å²) in [4.78, 5) is 15.8. The van der Waals surface area contributed by atoms with Crippen LogP contribution in [0.5, 0.6) is 0 Å². The van der Waals surface area contributed by atoms with Crippen molar-refractivity contribution in [2.75, 3.05) is 13.2 Å². The predicted octanol–water partition coefficient (Wildman–Crippen LogP) is 2.22. The van der Waals surface area contributed by atoms with Crippen LogP contribution in [-0.2, 0) is 12.8 Å². The van der Waals surface area contributed by atoms with Gasteiger partial charge in [0.2, 0.25) is 0 Å². The normalized spacial score (nSPS) is 23.2. The molecule has 18 heavy (non-hydrogen) atoms. The average Bonchev–Trinajstić information content (AvgIpc) is 3.04. The van der Waals surface area contributed by atoms with Crippen LogP contribution in [0.25, 0.3) is 0 Å². The summed E-state index contributed by atoms with van der Waals surface area (Å²) in [6.45, 7) is 0.896. The third kappa shape index (κ3) is 1.97. The summed E-state index contributed by atoms with van der Waals surface area (Å²) < 4.78 is 0. The molecule has 1 atom stereocenters. The SMILES string of the molecule is O=C(c1csc2c1CCCC2)N1CCC[C@@H]1CO. The van der Waals surface area contributed by atoms with E-state index in [1.54, 1.807) is 11.3 Å². The number of carbonyl (C=O) groups is 1. The number of aryl methyl sites for hydroxylation is 1. The second kappa shape index (κ2) is 5.02. The van der Waals surface area contributed by atoms with Crippen LogP contribution in [0.15, 0.2) is 5.38 Å². The molecule has 98 valence electrons. The highest BCUT2D eigenvalue weighted by Crippen LogP contribution is 2.32. The molecule has 1 fully saturated rings. The van der Waals surface area contributed by atoms with Crippen LogP contribution in [-0.4, -0.2) is 35.1 Å². The largest absolute Gasteiger partial charge is 0.394 e. The molecule has 0 radical (unpaired) electrons. The van der Waals surface area contributed by atoms with Gasteiger partial charge in [-0.25, -0.2) is 0 Å². The standard InChI is InChI=1S/C14H19NO2S/c16-8-10-4-3-7-15(10)14(17)12-9-18-13-6-2-1-5-11(12)13/h9-10,16H,1-8H2/t10-/m1/s1. The molecule has 1 N–H and O–H groups in total. The number of hydrogen-bond acceptors (Lipinski definition) is 3. The maximum Gasteiger partial charge on any atom is 0.255 e. The Labute approximate surface area is 111 Å². The van der Waals surface area contributed by atoms with Crippen molar-refractivity contribution in [2.45, 2.75) is 44.6 Å². The second-order valence-corrected chi connectivity index (χ2v) is 6.20. The first-order valence-corrected chi connectivity index (χ1v) is 7.70. The number of thiophene rings is 1. The lowest BCUT2D eigenvalue weighted by atomic mass is 9.95. The van der Waals surface area contributed by atoms with Gasteiger partial charge in [0.15, 0.2) is 0 Å². The van der Waals surface area contributed by atoms with Crippen molar-refractivity contribution in [1.29, 1.82) is 0 Å². The summed E-state index contributed by atoms with van der Waals surface area (Å²) in [7, 11) is 0. The fourth-order valence-electron chi connectivity index (χ4n) is 3.12. The lowest BCUT2D eigenvalue weighted by Gasteiger charge is -2.23. The fraction of sp³-hybridized carbons (Fsp3) is 0.643. The number of aliphatic hydroxyl groups excluding tert-OH is 1. The van der Waals surface area contributed by atoms with Crippen LogP contribution in [0.4, 0.5) is 0 Å². The van der Waals surface area contributed by atoms with Crippen molar-refractivity contribution in [3.05, 3.63) is 21.4 Å². The van der Waals surface area contributed by atoms with Crippen LogP contribution in [0, 0.1) is 0 Å². The van der Waals surface area contributed by atoms with E-state index in [4.69, 9.17) is 0 Å². The Hall–Kier alpha value is -0.870. The maximum atomic E-state index is 12.6. The van der Waals surface area contributed by atoms with Gasteiger partial charge >= 0.3 is 0 Å². The van der Waals surface area contributed by atoms with Gasteiger partial charge < -0.3 is 10.0 Å². The zero-order valence-corrected chi connectivity index (χ0v) is 11.3. The summed E-state index contributed by atoms with van der Waals surface area (Å²) >= 11 is 1.74. The number of rotatable bonds is 2. The molecule has 1 aliphatic heterocycles. The van der Waals surface area contributed by atoms with Gasteiger partial charge in [0.25, 0.3) is 5.91 Å². The van der Waals surface area contributed by atoms with E-state index in [-0.39, 0.29) is 18.6 Å². The summed E-state index contributed by atoms with van der Waals surface area (Å²) in [5, 5.41) is 11.4. The Kier molecular flexibility index (Phi) is 3.39. The molecule has 1 aromatic heterocycles. The van der Waals surface area contributed by atoms with Crippen molar-refractivity contribution < 1.29 is 9.90 Å². The van der Waals surface area contributed by atoms with Gasteiger partial charge in [-0.1, -0.05) is 0 Å². The fourth-order valence-corrected chi connectivity index (χ4v) is 4.24. The van der Waals surface area contributed by atoms with Gasteiger partial charge in [-0.05, 0) is 44.1 Å². The molecule has 3 rings (SSSR count). The topological polar surface area (TPSA) is 40.5 Å². The van der Waals surface area contributed by atoms with Gasteiger partial charge in [-0.15, -0.1) is 11.3 Å². The third-order valence-electron chi connectivity index (χ3n) is 4.14. The third-order valence-corrected chi connectivity index (χ3v) is 5.23. The van der Waals surface area contributed by atoms with Crippen LogP contribution in [0.1, 0.15) is 46.5 Å². The lowest BCUT2D eigenvalue weighted by molar-refractivity contribution is 0.0677. The first kappa shape index (κ1) is 12.2. The molecule has 2 heterocycles. The zero-order chi connectivity index (χ0) is 12.5. The predicted molar refractivity (Wildman–Crippen MR) is 72.1 cm³/mol. The van der Waals surface area contributed by atoms with Crippen LogP contribution < -0.4 is 0 Å². The van der Waals surface area contributed by atoms with E-state index in [0.29, 0.717) is 0 Å². The molecule has 0 bridgehead atoms. The molecular weight excluding hydrogens is 246 g/mol. The van der Waals surface area contributed by atoms with E-state index in [1.165, 1.54) is 23.3 Å². The molecule has 0 saturated carbocycles. The second-order valence-electron chi connectivity index (χ2n) is 5.24. The molecule has 2 aliphatic rings. The van der Waals surface area contributed by atoms with Crippen LogP contribution in [0.2, 0.25) is 0 Å². The van der Waals surface area contributed by atoms with Crippen molar-refractivity contribution >= 4 is 17.2 Å². The highest BCUT2D eigenvalue weighted by Gasteiger charge is 2.31. The first-order valence-electron chi connectivity index (χ1n) is 6.82. The highest BCUT2D eigenvalue weighted by molar-refractivity contribution is 7.10. The van der Waals surface area contributed by atoms with Gasteiger partial charge in [0.05, 0.1) is 18.2 Å². The van der Waals surface area contributed by atoms with Gasteiger partial charge in [0, 0.05) is 16.8 Å². The highest BCUT2D eigenvalue weighted by atomic mass is 32.1. The lowest BCUT2D eigenvalue weighted by Crippen LogP contribution is -2.37. The van der Waals surface area contributed by atoms with E-state index < -0.39 is 0 Å². The summed E-state index contributed by atoms with van der Waals surface area (Å²) in [5.41, 5.74) is 2.20. The van der Waals surface area contributed by atoms with E-state index in [0.717, 1.165) is 37.8 Å². The van der Waals surface area contributed by atoms with Crippen molar-refractivity contribution in [3.63, 3.8) is 0 Å². The van der Waals surface area contributed by atoms with Crippen LogP contribution in [0.3, 0.4) is 0 Å². The summed E-state index contributed by atoms with van der Waals surface area (Å²) in [6, 6.07) is 0.0386. The molecule has 1 amide bonds. The Morgan fingerprint density at radius 1 is 1.39 bits per heavy atom. The number of amides is 1. The Morgan fingerprint density at radius 3 is 3.06 bits per heavy atom. The number of carbonyl (C=O) groups excluding carboxylic acids is 1. The summed E-state index contributed by atoms with van der Waals surface area (Å²) in [6.07, 6.45) is 6.60. The maximum absolute atomic E-state index is 12.6. The van der Waals surface area contributed by atoms with E-state index >= 15 is 0 Å². The van der Waals surface area contributed by atoms with E-state index in [9.17, 15) is 9.90 Å². The smallest absolute Gasteiger partial charge is 0.255 e. The minimum atomic E-state index is 0.0386. The summed E-state index contributed by atoms with van der Waals surface area (Å²) in [5.74, 6) is 0.144. The molecule has 3 nitrogen and oxygen atoms in total. The van der Waals surface area contributed by atoms with Gasteiger partial charge in [-0.3, -0.25) is 4.79 Å². The van der Waals surface area contributed by atoms with Gasteiger partial charge in [0.1, 0.15) is 0 Å². The first-order chi connectivity index (χ1) is 8.81. The molecule has 1 aliphatic carbocycles. The van der Waals surface area contributed by atoms with Crippen molar-refractivity contribution in [3.8, 4) is 0 Å². The number of likely N-dealkylation sites (tertiary alicyclic amines) is 1. The number of aliphatic hydroxyl groups is 1. The van der Waals surface area contributed by atoms with Gasteiger partial charge in [-0.2, -0.15) is 0 Å². The van der Waals surface area contributed by atoms with Crippen molar-refractivity contribution in [1.82, 2.24) is 4.90 Å². The molecule has 0 spiro atoms. The average molecular weight is 265 g/mol. The minimum absolute atomic E-state index is 0.0386. The quantitative estimate of drug-likeness (QED) is 0.890. The van der Waals surface area contributed by atoms with Crippen LogP contribution >= 0.6 is 11.3 Å². The van der Waals surface area contributed by atoms with Crippen molar-refractivity contribution in [2.24, 2.45) is 0 Å². The Morgan fingerprint density at radius 2 is 2.22 bits per heavy atom. The molecule has 1 aromatic rings. The Balaban J connectivity index is 1.86. The molecular formula is C14H19NO2S. The minimum Gasteiger partial charge on any atom is -0.394 e. The molecule has 4 heteroatoms. The monoisotopic (exact) mass is 265 g/mol. The molecule has 1 saturated heterocycles. The Bertz CT molecular complexity index is 455. The number of fused-ring (bicyclic) bond motifs is 1. The van der Waals surface area contributed by atoms with E-state index in [2.05, 4.69) is 0 Å². The van der Waals surface area contributed by atoms with E-state index in [1.807, 2.05) is 10.3 Å². The molecule has 0 aromatic carbocycles.